The van der Waals surface area contributed by atoms with Gasteiger partial charge >= 0.3 is 0 Å². The number of hydrogen-bond acceptors (Lipinski definition) is 3. The molecule has 0 radical (unpaired) electrons. The van der Waals surface area contributed by atoms with Crippen molar-refractivity contribution in [3.8, 4) is 0 Å². The molecule has 5 rings (SSSR count). The lowest BCUT2D eigenvalue weighted by Crippen LogP contribution is -2.13. The average molecular weight is 391 g/mol. The van der Waals surface area contributed by atoms with Crippen LogP contribution in [-0.4, -0.2) is 24.1 Å². The molecule has 144 valence electrons. The fraction of sp³-hybridized carbons (Fsp3) is 0.0952. The maximum atomic E-state index is 14.2. The van der Waals surface area contributed by atoms with E-state index in [9.17, 15) is 13.6 Å². The smallest absolute Gasteiger partial charge is 0.248 e. The number of aromatic nitrogens is 5. The van der Waals surface area contributed by atoms with E-state index in [2.05, 4.69) is 9.97 Å². The van der Waals surface area contributed by atoms with Gasteiger partial charge in [-0.1, -0.05) is 12.1 Å². The zero-order chi connectivity index (χ0) is 20.0. The molecule has 29 heavy (non-hydrogen) atoms. The third-order valence-corrected chi connectivity index (χ3v) is 4.94. The van der Waals surface area contributed by atoms with Gasteiger partial charge < -0.3 is 14.1 Å². The summed E-state index contributed by atoms with van der Waals surface area (Å²) in [4.78, 5) is 23.3. The van der Waals surface area contributed by atoms with Crippen molar-refractivity contribution in [3.63, 3.8) is 0 Å². The van der Waals surface area contributed by atoms with Gasteiger partial charge in [0.2, 0.25) is 5.56 Å². The van der Waals surface area contributed by atoms with Crippen LogP contribution in [-0.2, 0) is 13.1 Å². The first-order chi connectivity index (χ1) is 14.1. The lowest BCUT2D eigenvalue weighted by atomic mass is 10.1. The summed E-state index contributed by atoms with van der Waals surface area (Å²) >= 11 is 0. The van der Waals surface area contributed by atoms with Crippen LogP contribution in [0.4, 0.5) is 8.78 Å². The van der Waals surface area contributed by atoms with Crippen molar-refractivity contribution in [2.45, 2.75) is 13.1 Å². The SMILES string of the molecule is O=c1cc(Cn2c(Cn3ccnc3)nc3ccccc32)c2ccc(F)c(F)c2[nH]1. The summed E-state index contributed by atoms with van der Waals surface area (Å²) in [6.45, 7) is 0.773. The van der Waals surface area contributed by atoms with E-state index in [-0.39, 0.29) is 12.1 Å². The van der Waals surface area contributed by atoms with E-state index in [1.807, 2.05) is 39.6 Å². The fourth-order valence-corrected chi connectivity index (χ4v) is 3.60. The molecular weight excluding hydrogens is 376 g/mol. The second kappa shape index (κ2) is 6.66. The summed E-state index contributed by atoms with van der Waals surface area (Å²) in [6.07, 6.45) is 5.23. The number of H-pyrrole nitrogens is 1. The van der Waals surface area contributed by atoms with Gasteiger partial charge in [0.25, 0.3) is 0 Å². The molecule has 0 amide bonds. The van der Waals surface area contributed by atoms with Crippen LogP contribution in [0.25, 0.3) is 21.9 Å². The lowest BCUT2D eigenvalue weighted by Gasteiger charge is -2.12. The van der Waals surface area contributed by atoms with Crippen LogP contribution in [0.15, 0.2) is 66.0 Å². The Kier molecular flexibility index (Phi) is 3.97. The molecule has 0 unspecified atom stereocenters. The topological polar surface area (TPSA) is 68.5 Å². The molecule has 0 aliphatic heterocycles. The van der Waals surface area contributed by atoms with E-state index in [4.69, 9.17) is 4.98 Å². The lowest BCUT2D eigenvalue weighted by molar-refractivity contribution is 0.515. The number of pyridine rings is 1. The van der Waals surface area contributed by atoms with Gasteiger partial charge in [0.1, 0.15) is 5.82 Å². The number of para-hydroxylation sites is 2. The summed E-state index contributed by atoms with van der Waals surface area (Å²) < 4.78 is 31.8. The molecule has 0 fully saturated rings. The first-order valence-corrected chi connectivity index (χ1v) is 9.00. The van der Waals surface area contributed by atoms with E-state index in [0.717, 1.165) is 22.9 Å². The highest BCUT2D eigenvalue weighted by molar-refractivity contribution is 5.83. The number of benzene rings is 2. The summed E-state index contributed by atoms with van der Waals surface area (Å²) in [5.74, 6) is -1.30. The van der Waals surface area contributed by atoms with Crippen molar-refractivity contribution >= 4 is 21.9 Å². The first-order valence-electron chi connectivity index (χ1n) is 9.00. The number of nitrogens with one attached hydrogen (secondary N) is 1. The highest BCUT2D eigenvalue weighted by Gasteiger charge is 2.16. The zero-order valence-electron chi connectivity index (χ0n) is 15.1. The van der Waals surface area contributed by atoms with Crippen molar-refractivity contribution in [1.29, 1.82) is 0 Å². The summed E-state index contributed by atoms with van der Waals surface area (Å²) in [5, 5.41) is 0.454. The summed E-state index contributed by atoms with van der Waals surface area (Å²) in [5.41, 5.74) is 1.66. The van der Waals surface area contributed by atoms with Crippen molar-refractivity contribution in [3.05, 3.63) is 94.6 Å². The summed E-state index contributed by atoms with van der Waals surface area (Å²) in [7, 11) is 0. The predicted molar refractivity (Wildman–Crippen MR) is 105 cm³/mol. The van der Waals surface area contributed by atoms with Crippen molar-refractivity contribution in [1.82, 2.24) is 24.1 Å². The summed E-state index contributed by atoms with van der Waals surface area (Å²) in [6, 6.07) is 11.6. The number of imidazole rings is 2. The quantitative estimate of drug-likeness (QED) is 0.510. The van der Waals surface area contributed by atoms with Gasteiger partial charge in [-0.15, -0.1) is 0 Å². The van der Waals surface area contributed by atoms with Crippen molar-refractivity contribution < 1.29 is 8.78 Å². The first kappa shape index (κ1) is 17.3. The molecule has 0 aliphatic rings. The van der Waals surface area contributed by atoms with Gasteiger partial charge in [0.05, 0.1) is 36.0 Å². The fourth-order valence-electron chi connectivity index (χ4n) is 3.60. The Morgan fingerprint density at radius 2 is 1.93 bits per heavy atom. The average Bonchev–Trinajstić information content (AvgIpc) is 3.34. The van der Waals surface area contributed by atoms with Crippen LogP contribution in [0.5, 0.6) is 0 Å². The van der Waals surface area contributed by atoms with Gasteiger partial charge in [0, 0.05) is 23.8 Å². The number of halogens is 2. The van der Waals surface area contributed by atoms with Crippen LogP contribution in [0.3, 0.4) is 0 Å². The predicted octanol–water partition coefficient (Wildman–Crippen LogP) is 3.45. The van der Waals surface area contributed by atoms with Gasteiger partial charge in [-0.25, -0.2) is 18.7 Å². The van der Waals surface area contributed by atoms with Crippen molar-refractivity contribution in [2.75, 3.05) is 0 Å². The van der Waals surface area contributed by atoms with Gasteiger partial charge in [-0.2, -0.15) is 0 Å². The molecule has 2 aromatic carbocycles. The minimum absolute atomic E-state index is 0.131. The minimum Gasteiger partial charge on any atom is -0.330 e. The van der Waals surface area contributed by atoms with E-state index in [0.29, 0.717) is 17.5 Å². The largest absolute Gasteiger partial charge is 0.330 e. The Bertz CT molecular complexity index is 1400. The second-order valence-corrected chi connectivity index (χ2v) is 6.78. The molecule has 0 aliphatic carbocycles. The Morgan fingerprint density at radius 1 is 1.07 bits per heavy atom. The van der Waals surface area contributed by atoms with Crippen LogP contribution < -0.4 is 5.56 Å². The van der Waals surface area contributed by atoms with E-state index >= 15 is 0 Å². The maximum absolute atomic E-state index is 14.2. The third-order valence-electron chi connectivity index (χ3n) is 4.94. The van der Waals surface area contributed by atoms with Gasteiger partial charge in [0.15, 0.2) is 11.6 Å². The molecule has 3 aromatic heterocycles. The molecule has 0 spiro atoms. The Labute approximate surface area is 163 Å². The zero-order valence-corrected chi connectivity index (χ0v) is 15.1. The molecule has 0 bridgehead atoms. The van der Waals surface area contributed by atoms with Gasteiger partial charge in [-0.05, 0) is 29.8 Å². The normalized spacial score (nSPS) is 11.5. The minimum atomic E-state index is -1.06. The number of nitrogens with zero attached hydrogens (tertiary/aromatic N) is 4. The molecule has 6 nitrogen and oxygen atoms in total. The molecule has 5 aromatic rings. The Hall–Kier alpha value is -3.81. The molecule has 3 heterocycles. The molecule has 0 atom stereocenters. The molecule has 8 heteroatoms. The molecule has 0 saturated carbocycles. The van der Waals surface area contributed by atoms with Gasteiger partial charge in [-0.3, -0.25) is 4.79 Å². The maximum Gasteiger partial charge on any atom is 0.248 e. The van der Waals surface area contributed by atoms with E-state index < -0.39 is 17.2 Å². The molecular formula is C21H15F2N5O. The van der Waals surface area contributed by atoms with Crippen molar-refractivity contribution in [2.24, 2.45) is 0 Å². The number of hydrogen-bond donors (Lipinski definition) is 1. The van der Waals surface area contributed by atoms with Crippen LogP contribution in [0.1, 0.15) is 11.4 Å². The second-order valence-electron chi connectivity index (χ2n) is 6.78. The van der Waals surface area contributed by atoms with E-state index in [1.165, 1.54) is 12.1 Å². The number of fused-ring (bicyclic) bond motifs is 2. The molecule has 1 N–H and O–H groups in total. The highest BCUT2D eigenvalue weighted by atomic mass is 19.2. The number of rotatable bonds is 4. The van der Waals surface area contributed by atoms with Crippen LogP contribution >= 0.6 is 0 Å². The standard InChI is InChI=1S/C21H15F2N5O/c22-15-6-5-14-13(9-19(29)26-21(14)20(15)23)10-28-17-4-2-1-3-16(17)25-18(28)11-27-8-7-24-12-27/h1-9,12H,10-11H2,(H,26,29). The highest BCUT2D eigenvalue weighted by Crippen LogP contribution is 2.24. The monoisotopic (exact) mass is 391 g/mol. The van der Waals surface area contributed by atoms with Crippen LogP contribution in [0.2, 0.25) is 0 Å². The third kappa shape index (κ3) is 2.98. The molecule has 0 saturated heterocycles. The Balaban J connectivity index is 1.69. The van der Waals surface area contributed by atoms with Crippen LogP contribution in [0, 0.1) is 11.6 Å². The number of aromatic amines is 1. The Morgan fingerprint density at radius 3 is 2.76 bits per heavy atom. The van der Waals surface area contributed by atoms with E-state index in [1.54, 1.807) is 12.5 Å².